The number of likely N-dealkylation sites (tertiary alicyclic amines) is 1. The van der Waals surface area contributed by atoms with Crippen molar-refractivity contribution in [2.24, 2.45) is 0 Å². The Bertz CT molecular complexity index is 681. The van der Waals surface area contributed by atoms with Crippen LogP contribution in [0.2, 0.25) is 0 Å². The molecule has 6 heteroatoms. The number of methoxy groups -OCH3 is 1. The van der Waals surface area contributed by atoms with Crippen LogP contribution in [0.15, 0.2) is 18.2 Å². The molecule has 2 fully saturated rings. The maximum Gasteiger partial charge on any atom is 0.275 e. The normalized spacial score (nSPS) is 24.6. The van der Waals surface area contributed by atoms with Crippen molar-refractivity contribution in [1.29, 1.82) is 0 Å². The number of nitrogens with zero attached hydrogens (tertiary/aromatic N) is 2. The van der Waals surface area contributed by atoms with Gasteiger partial charge < -0.3 is 15.0 Å². The molecule has 2 aliphatic heterocycles. The van der Waals surface area contributed by atoms with Crippen LogP contribution < -0.4 is 10.1 Å². The number of aromatic nitrogens is 2. The first-order valence-electron chi connectivity index (χ1n) is 6.82. The van der Waals surface area contributed by atoms with Crippen LogP contribution in [0.1, 0.15) is 16.9 Å². The highest BCUT2D eigenvalue weighted by atomic mass is 16.5. The first kappa shape index (κ1) is 11.7. The number of amides is 1. The van der Waals surface area contributed by atoms with Gasteiger partial charge in [-0.05, 0) is 24.6 Å². The van der Waals surface area contributed by atoms with Crippen molar-refractivity contribution in [1.82, 2.24) is 20.4 Å². The lowest BCUT2D eigenvalue weighted by atomic mass is 10.1. The first-order chi connectivity index (χ1) is 9.76. The molecule has 2 bridgehead atoms. The van der Waals surface area contributed by atoms with Crippen molar-refractivity contribution < 1.29 is 9.53 Å². The molecule has 0 saturated carbocycles. The molecule has 1 amide bonds. The van der Waals surface area contributed by atoms with Gasteiger partial charge in [-0.1, -0.05) is 0 Å². The number of nitrogens with one attached hydrogen (secondary N) is 2. The minimum absolute atomic E-state index is 0.0125. The molecule has 2 unspecified atom stereocenters. The van der Waals surface area contributed by atoms with E-state index in [9.17, 15) is 4.79 Å². The number of benzene rings is 1. The first-order valence-corrected chi connectivity index (χ1v) is 6.82. The highest BCUT2D eigenvalue weighted by molar-refractivity contribution is 6.05. The van der Waals surface area contributed by atoms with Gasteiger partial charge in [0.25, 0.3) is 5.91 Å². The van der Waals surface area contributed by atoms with Gasteiger partial charge in [0, 0.05) is 30.6 Å². The fraction of sp³-hybridized carbons (Fsp3) is 0.429. The third kappa shape index (κ3) is 1.61. The zero-order valence-electron chi connectivity index (χ0n) is 11.2. The number of carbonyl (C=O) groups excluding carboxylic acids is 1. The summed E-state index contributed by atoms with van der Waals surface area (Å²) in [6.45, 7) is 1.67. The van der Waals surface area contributed by atoms with Crippen LogP contribution in [0.5, 0.6) is 5.75 Å². The van der Waals surface area contributed by atoms with Crippen molar-refractivity contribution in [3.05, 3.63) is 23.9 Å². The SMILES string of the molecule is COc1ccc2[nH]nc(C(=O)N3CC4CC3CN4)c2c1. The van der Waals surface area contributed by atoms with Crippen LogP contribution >= 0.6 is 0 Å². The molecule has 0 spiro atoms. The van der Waals surface area contributed by atoms with Crippen LogP contribution in [-0.4, -0.2) is 53.3 Å². The quantitative estimate of drug-likeness (QED) is 0.846. The van der Waals surface area contributed by atoms with Crippen LogP contribution in [-0.2, 0) is 0 Å². The fourth-order valence-electron chi connectivity index (χ4n) is 3.23. The van der Waals surface area contributed by atoms with Crippen LogP contribution in [0.3, 0.4) is 0 Å². The zero-order valence-corrected chi connectivity index (χ0v) is 11.2. The molecule has 0 radical (unpaired) electrons. The van der Waals surface area contributed by atoms with E-state index in [4.69, 9.17) is 4.74 Å². The molecule has 2 atom stereocenters. The zero-order chi connectivity index (χ0) is 13.7. The molecule has 3 heterocycles. The number of hydrogen-bond acceptors (Lipinski definition) is 4. The summed E-state index contributed by atoms with van der Waals surface area (Å²) in [5, 5.41) is 11.3. The predicted octanol–water partition coefficient (Wildman–Crippen LogP) is 0.758. The van der Waals surface area contributed by atoms with E-state index < -0.39 is 0 Å². The summed E-state index contributed by atoms with van der Waals surface area (Å²) in [7, 11) is 1.62. The molecule has 2 N–H and O–H groups in total. The molecular weight excluding hydrogens is 256 g/mol. The minimum Gasteiger partial charge on any atom is -0.497 e. The third-order valence-corrected chi connectivity index (χ3v) is 4.29. The van der Waals surface area contributed by atoms with E-state index in [1.807, 2.05) is 23.1 Å². The number of rotatable bonds is 2. The van der Waals surface area contributed by atoms with Crippen molar-refractivity contribution in [2.75, 3.05) is 20.2 Å². The molecule has 6 nitrogen and oxygen atoms in total. The van der Waals surface area contributed by atoms with E-state index in [-0.39, 0.29) is 5.91 Å². The van der Waals surface area contributed by atoms with Crippen molar-refractivity contribution in [3.8, 4) is 5.75 Å². The summed E-state index contributed by atoms with van der Waals surface area (Å²) in [6, 6.07) is 6.36. The van der Waals surface area contributed by atoms with Crippen LogP contribution in [0.4, 0.5) is 0 Å². The average Bonchev–Trinajstić information content (AvgIpc) is 3.20. The minimum atomic E-state index is 0.0125. The molecule has 104 valence electrons. The van der Waals surface area contributed by atoms with Gasteiger partial charge in [0.15, 0.2) is 5.69 Å². The van der Waals surface area contributed by atoms with Gasteiger partial charge in [0.05, 0.1) is 12.6 Å². The lowest BCUT2D eigenvalue weighted by Gasteiger charge is -2.26. The van der Waals surface area contributed by atoms with Crippen molar-refractivity contribution >= 4 is 16.8 Å². The van der Waals surface area contributed by atoms with Gasteiger partial charge in [-0.3, -0.25) is 9.89 Å². The van der Waals surface area contributed by atoms with Crippen molar-refractivity contribution in [2.45, 2.75) is 18.5 Å². The summed E-state index contributed by atoms with van der Waals surface area (Å²) < 4.78 is 5.22. The molecule has 4 rings (SSSR count). The maximum atomic E-state index is 12.7. The number of piperazine rings is 1. The number of ether oxygens (including phenoxy) is 1. The highest BCUT2D eigenvalue weighted by Gasteiger charge is 2.41. The van der Waals surface area contributed by atoms with Crippen LogP contribution in [0, 0.1) is 0 Å². The van der Waals surface area contributed by atoms with E-state index in [0.717, 1.165) is 36.2 Å². The molecule has 20 heavy (non-hydrogen) atoms. The summed E-state index contributed by atoms with van der Waals surface area (Å²) in [6.07, 6.45) is 1.05. The summed E-state index contributed by atoms with van der Waals surface area (Å²) in [5.41, 5.74) is 1.35. The average molecular weight is 272 g/mol. The summed E-state index contributed by atoms with van der Waals surface area (Å²) in [4.78, 5) is 14.6. The van der Waals surface area contributed by atoms with Gasteiger partial charge in [-0.2, -0.15) is 5.10 Å². The number of carbonyl (C=O) groups is 1. The number of aromatic amines is 1. The topological polar surface area (TPSA) is 70.2 Å². The van der Waals surface area contributed by atoms with Crippen LogP contribution in [0.25, 0.3) is 10.9 Å². The van der Waals surface area contributed by atoms with E-state index in [0.29, 0.717) is 17.8 Å². The molecule has 2 saturated heterocycles. The molecule has 1 aromatic heterocycles. The Morgan fingerprint density at radius 3 is 3.10 bits per heavy atom. The molecule has 1 aromatic carbocycles. The van der Waals surface area contributed by atoms with Gasteiger partial charge in [-0.25, -0.2) is 0 Å². The highest BCUT2D eigenvalue weighted by Crippen LogP contribution is 2.28. The van der Waals surface area contributed by atoms with E-state index >= 15 is 0 Å². The third-order valence-electron chi connectivity index (χ3n) is 4.29. The Balaban J connectivity index is 1.72. The van der Waals surface area contributed by atoms with Gasteiger partial charge >= 0.3 is 0 Å². The maximum absolute atomic E-state index is 12.7. The second-order valence-electron chi connectivity index (χ2n) is 5.44. The molecular formula is C14H16N4O2. The fourth-order valence-corrected chi connectivity index (χ4v) is 3.23. The Morgan fingerprint density at radius 1 is 1.50 bits per heavy atom. The largest absolute Gasteiger partial charge is 0.497 e. The second-order valence-corrected chi connectivity index (χ2v) is 5.44. The lowest BCUT2D eigenvalue weighted by Crippen LogP contribution is -2.46. The Kier molecular flexibility index (Phi) is 2.47. The molecule has 0 aliphatic carbocycles. The standard InChI is InChI=1S/C14H16N4O2/c1-20-10-2-3-12-11(5-10)13(17-16-12)14(19)18-7-8-4-9(18)6-15-8/h2-3,5,8-9,15H,4,6-7H2,1H3,(H,16,17). The monoisotopic (exact) mass is 272 g/mol. The molecule has 2 aliphatic rings. The Labute approximate surface area is 116 Å². The second kappa shape index (κ2) is 4.21. The number of H-pyrrole nitrogens is 1. The van der Waals surface area contributed by atoms with E-state index in [1.165, 1.54) is 0 Å². The lowest BCUT2D eigenvalue weighted by molar-refractivity contribution is 0.0712. The van der Waals surface area contributed by atoms with Gasteiger partial charge in [0.1, 0.15) is 5.75 Å². The summed E-state index contributed by atoms with van der Waals surface area (Å²) in [5.74, 6) is 0.746. The predicted molar refractivity (Wildman–Crippen MR) is 73.9 cm³/mol. The molecule has 2 aromatic rings. The smallest absolute Gasteiger partial charge is 0.275 e. The number of hydrogen-bond donors (Lipinski definition) is 2. The number of fused-ring (bicyclic) bond motifs is 3. The summed E-state index contributed by atoms with van der Waals surface area (Å²) >= 11 is 0. The van der Waals surface area contributed by atoms with E-state index in [2.05, 4.69) is 15.5 Å². The van der Waals surface area contributed by atoms with E-state index in [1.54, 1.807) is 7.11 Å². The van der Waals surface area contributed by atoms with Crippen molar-refractivity contribution in [3.63, 3.8) is 0 Å². The Hall–Kier alpha value is -2.08. The Morgan fingerprint density at radius 2 is 2.40 bits per heavy atom. The van der Waals surface area contributed by atoms with Gasteiger partial charge in [0.2, 0.25) is 0 Å². The van der Waals surface area contributed by atoms with Gasteiger partial charge in [-0.15, -0.1) is 0 Å².